The second kappa shape index (κ2) is 9.40. The first-order valence-corrected chi connectivity index (χ1v) is 10.3. The van der Waals surface area contributed by atoms with E-state index in [9.17, 15) is 18.4 Å². The topological polar surface area (TPSA) is 94.5 Å². The van der Waals surface area contributed by atoms with Crippen LogP contribution in [0.1, 0.15) is 36.8 Å². The Hall–Kier alpha value is -3.75. The summed E-state index contributed by atoms with van der Waals surface area (Å²) in [7, 11) is 1.86. The van der Waals surface area contributed by atoms with E-state index >= 15 is 0 Å². The third kappa shape index (κ3) is 5.74. The first-order valence-electron chi connectivity index (χ1n) is 10.3. The monoisotopic (exact) mass is 456 g/mol. The number of benzene rings is 2. The van der Waals surface area contributed by atoms with Crippen molar-refractivity contribution < 1.29 is 23.1 Å². The third-order valence-electron chi connectivity index (χ3n) is 5.12. The number of hydrogen-bond acceptors (Lipinski definition) is 5. The number of nitrogens with one attached hydrogen (secondary N) is 3. The quantitative estimate of drug-likeness (QED) is 0.413. The molecule has 2 aromatic carbocycles. The van der Waals surface area contributed by atoms with E-state index < -0.39 is 23.7 Å². The highest BCUT2D eigenvalue weighted by Crippen LogP contribution is 2.30. The lowest BCUT2D eigenvalue weighted by Crippen LogP contribution is -2.38. The Kier molecular flexibility index (Phi) is 6.81. The molecule has 0 saturated carbocycles. The SMILES string of the molecule is CC(=N)C(C(=O)Nc1cc(C)cc(C2OC=CN2C)c1)C(=O)Nc1cccc(C(C)(F)F)c1. The van der Waals surface area contributed by atoms with Crippen LogP contribution >= 0.6 is 0 Å². The molecule has 7 nitrogen and oxygen atoms in total. The number of ether oxygens (including phenoxy) is 1. The highest BCUT2D eigenvalue weighted by atomic mass is 19.3. The van der Waals surface area contributed by atoms with E-state index in [0.717, 1.165) is 24.1 Å². The molecule has 1 aliphatic rings. The Morgan fingerprint density at radius 2 is 1.79 bits per heavy atom. The maximum atomic E-state index is 13.6. The number of aryl methyl sites for hydroxylation is 1. The summed E-state index contributed by atoms with van der Waals surface area (Å²) in [6.45, 7) is 3.96. The van der Waals surface area contributed by atoms with Crippen molar-refractivity contribution in [3.63, 3.8) is 0 Å². The Morgan fingerprint density at radius 3 is 2.36 bits per heavy atom. The third-order valence-corrected chi connectivity index (χ3v) is 5.12. The normalized spacial score (nSPS) is 16.2. The summed E-state index contributed by atoms with van der Waals surface area (Å²) in [5, 5.41) is 13.1. The van der Waals surface area contributed by atoms with Crippen LogP contribution in [0.15, 0.2) is 54.9 Å². The lowest BCUT2D eigenvalue weighted by molar-refractivity contribution is -0.126. The van der Waals surface area contributed by atoms with Gasteiger partial charge >= 0.3 is 0 Å². The second-order valence-corrected chi connectivity index (χ2v) is 8.14. The molecule has 3 rings (SSSR count). The summed E-state index contributed by atoms with van der Waals surface area (Å²) in [5.74, 6) is -6.00. The molecule has 2 atom stereocenters. The van der Waals surface area contributed by atoms with Gasteiger partial charge < -0.3 is 25.7 Å². The highest BCUT2D eigenvalue weighted by molar-refractivity contribution is 6.24. The smallest absolute Gasteiger partial charge is 0.270 e. The van der Waals surface area contributed by atoms with Crippen LogP contribution in [-0.4, -0.2) is 29.5 Å². The Bertz CT molecular complexity index is 1110. The number of rotatable bonds is 7. The molecule has 0 spiro atoms. The van der Waals surface area contributed by atoms with Gasteiger partial charge in [0.25, 0.3) is 5.92 Å². The molecule has 2 amide bonds. The molecule has 2 aromatic rings. The zero-order valence-electron chi connectivity index (χ0n) is 18.8. The number of hydrogen-bond donors (Lipinski definition) is 3. The van der Waals surface area contributed by atoms with E-state index in [2.05, 4.69) is 10.6 Å². The molecular formula is C24H26F2N4O3. The molecule has 9 heteroatoms. The molecule has 3 N–H and O–H groups in total. The molecule has 1 heterocycles. The zero-order valence-corrected chi connectivity index (χ0v) is 18.8. The van der Waals surface area contributed by atoms with Crippen LogP contribution in [0, 0.1) is 18.3 Å². The van der Waals surface area contributed by atoms with Crippen LogP contribution in [0.5, 0.6) is 0 Å². The number of carbonyl (C=O) groups excluding carboxylic acids is 2. The minimum absolute atomic E-state index is 0.116. The van der Waals surface area contributed by atoms with Gasteiger partial charge in [0.05, 0.1) is 0 Å². The maximum absolute atomic E-state index is 13.6. The molecule has 174 valence electrons. The fourth-order valence-corrected chi connectivity index (χ4v) is 3.53. The van der Waals surface area contributed by atoms with Crippen molar-refractivity contribution in [1.82, 2.24) is 4.90 Å². The van der Waals surface area contributed by atoms with E-state index in [0.29, 0.717) is 5.69 Å². The second-order valence-electron chi connectivity index (χ2n) is 8.14. The summed E-state index contributed by atoms with van der Waals surface area (Å²) < 4.78 is 32.8. The molecule has 0 aromatic heterocycles. The number of nitrogens with zero attached hydrogens (tertiary/aromatic N) is 1. The van der Waals surface area contributed by atoms with E-state index in [1.807, 2.05) is 24.9 Å². The van der Waals surface area contributed by atoms with Gasteiger partial charge in [-0.25, -0.2) is 8.78 Å². The van der Waals surface area contributed by atoms with Crippen molar-refractivity contribution in [1.29, 1.82) is 5.41 Å². The molecule has 1 aliphatic heterocycles. The van der Waals surface area contributed by atoms with Crippen molar-refractivity contribution in [2.75, 3.05) is 17.7 Å². The maximum Gasteiger partial charge on any atom is 0.270 e. The molecule has 0 bridgehead atoms. The Labute approximate surface area is 190 Å². The van der Waals surface area contributed by atoms with Gasteiger partial charge in [-0.1, -0.05) is 18.2 Å². The van der Waals surface area contributed by atoms with E-state index in [-0.39, 0.29) is 23.2 Å². The zero-order chi connectivity index (χ0) is 24.3. The van der Waals surface area contributed by atoms with Gasteiger partial charge in [0.15, 0.2) is 12.1 Å². The largest absolute Gasteiger partial charge is 0.472 e. The first-order chi connectivity index (χ1) is 15.5. The standard InChI is InChI=1S/C24H26F2N4O3/c1-14-10-16(23-30(4)8-9-33-23)12-19(11-14)29-22(32)20(15(2)27)21(31)28-18-7-5-6-17(13-18)24(3,25)26/h5-13,20,23,27H,1-4H3,(H,28,31)(H,29,32). The van der Waals surface area contributed by atoms with Gasteiger partial charge in [-0.05, 0) is 43.7 Å². The number of halogens is 2. The number of amides is 2. The average Bonchev–Trinajstić information content (AvgIpc) is 3.12. The Balaban J connectivity index is 1.78. The highest BCUT2D eigenvalue weighted by Gasteiger charge is 2.30. The van der Waals surface area contributed by atoms with Crippen LogP contribution < -0.4 is 10.6 Å². The summed E-state index contributed by atoms with van der Waals surface area (Å²) in [4.78, 5) is 27.6. The predicted octanol–water partition coefficient (Wildman–Crippen LogP) is 4.77. The summed E-state index contributed by atoms with van der Waals surface area (Å²) in [5.41, 5.74) is 1.79. The summed E-state index contributed by atoms with van der Waals surface area (Å²) in [6, 6.07) is 10.6. The Morgan fingerprint density at radius 1 is 1.12 bits per heavy atom. The van der Waals surface area contributed by atoms with Crippen LogP contribution in [0.25, 0.3) is 0 Å². The van der Waals surface area contributed by atoms with Crippen LogP contribution in [0.4, 0.5) is 20.2 Å². The molecule has 2 unspecified atom stereocenters. The molecule has 0 saturated heterocycles. The number of anilines is 2. The lowest BCUT2D eigenvalue weighted by atomic mass is 10.0. The molecule has 0 radical (unpaired) electrons. The van der Waals surface area contributed by atoms with Crippen molar-refractivity contribution in [3.8, 4) is 0 Å². The molecule has 0 fully saturated rings. The number of carbonyl (C=O) groups is 2. The van der Waals surface area contributed by atoms with Gasteiger partial charge in [-0.2, -0.15) is 0 Å². The van der Waals surface area contributed by atoms with E-state index in [1.54, 1.807) is 24.6 Å². The van der Waals surface area contributed by atoms with E-state index in [1.165, 1.54) is 25.1 Å². The minimum Gasteiger partial charge on any atom is -0.472 e. The van der Waals surface area contributed by atoms with Crippen molar-refractivity contribution in [2.24, 2.45) is 5.92 Å². The van der Waals surface area contributed by atoms with Crippen molar-refractivity contribution >= 4 is 28.9 Å². The fourth-order valence-electron chi connectivity index (χ4n) is 3.53. The van der Waals surface area contributed by atoms with Crippen LogP contribution in [0.3, 0.4) is 0 Å². The van der Waals surface area contributed by atoms with Crippen molar-refractivity contribution in [2.45, 2.75) is 32.9 Å². The van der Waals surface area contributed by atoms with Gasteiger partial charge in [0, 0.05) is 48.4 Å². The molecule has 0 aliphatic carbocycles. The van der Waals surface area contributed by atoms with Gasteiger partial charge in [0.1, 0.15) is 6.26 Å². The summed E-state index contributed by atoms with van der Waals surface area (Å²) in [6.07, 6.45) is 3.02. The first kappa shape index (κ1) is 23.9. The van der Waals surface area contributed by atoms with Gasteiger partial charge in [-0.3, -0.25) is 9.59 Å². The molecular weight excluding hydrogens is 430 g/mol. The fraction of sp³-hybridized carbons (Fsp3) is 0.292. The number of alkyl halides is 2. The van der Waals surface area contributed by atoms with Gasteiger partial charge in [-0.15, -0.1) is 0 Å². The minimum atomic E-state index is -3.08. The van der Waals surface area contributed by atoms with E-state index in [4.69, 9.17) is 10.1 Å². The summed E-state index contributed by atoms with van der Waals surface area (Å²) >= 11 is 0. The average molecular weight is 456 g/mol. The van der Waals surface area contributed by atoms with Crippen LogP contribution in [0.2, 0.25) is 0 Å². The van der Waals surface area contributed by atoms with Crippen LogP contribution in [-0.2, 0) is 20.2 Å². The lowest BCUT2D eigenvalue weighted by Gasteiger charge is -2.22. The predicted molar refractivity (Wildman–Crippen MR) is 122 cm³/mol. The van der Waals surface area contributed by atoms with Crippen molar-refractivity contribution in [3.05, 3.63) is 71.6 Å². The molecule has 33 heavy (non-hydrogen) atoms. The van der Waals surface area contributed by atoms with Gasteiger partial charge in [0.2, 0.25) is 11.8 Å².